The molecule has 0 radical (unpaired) electrons. The summed E-state index contributed by atoms with van der Waals surface area (Å²) in [6, 6.07) is 7.25. The van der Waals surface area contributed by atoms with E-state index in [2.05, 4.69) is 10.6 Å². The number of fused-ring (bicyclic) bond motifs is 1. The highest BCUT2D eigenvalue weighted by Gasteiger charge is 2.24. The molecule has 0 spiro atoms. The zero-order chi connectivity index (χ0) is 19.5. The van der Waals surface area contributed by atoms with Gasteiger partial charge in [0.1, 0.15) is 12.6 Å². The maximum atomic E-state index is 12.5. The number of carbonyl (C=O) groups excluding carboxylic acids is 2. The molecule has 9 heteroatoms. The highest BCUT2D eigenvalue weighted by Crippen LogP contribution is 2.19. The van der Waals surface area contributed by atoms with Crippen molar-refractivity contribution in [3.05, 3.63) is 36.0 Å². The predicted molar refractivity (Wildman–Crippen MR) is 96.9 cm³/mol. The summed E-state index contributed by atoms with van der Waals surface area (Å²) < 4.78 is 24.6. The predicted octanol–water partition coefficient (Wildman–Crippen LogP) is 0.843. The van der Waals surface area contributed by atoms with Gasteiger partial charge in [0, 0.05) is 17.1 Å². The van der Waals surface area contributed by atoms with Crippen LogP contribution >= 0.6 is 0 Å². The third kappa shape index (κ3) is 4.21. The zero-order valence-electron chi connectivity index (χ0n) is 14.7. The fourth-order valence-electron chi connectivity index (χ4n) is 2.54. The highest BCUT2D eigenvalue weighted by molar-refractivity contribution is 7.89. The summed E-state index contributed by atoms with van der Waals surface area (Å²) in [7, 11) is -3.43. The Morgan fingerprint density at radius 3 is 2.54 bits per heavy atom. The molecule has 1 heterocycles. The third-order valence-corrected chi connectivity index (χ3v) is 4.88. The summed E-state index contributed by atoms with van der Waals surface area (Å²) in [5.41, 5.74) is 0.777. The Hall–Kier alpha value is -2.86. The van der Waals surface area contributed by atoms with Crippen LogP contribution in [0.3, 0.4) is 0 Å². The van der Waals surface area contributed by atoms with E-state index in [1.165, 1.54) is 12.3 Å². The number of aromatic nitrogens is 1. The van der Waals surface area contributed by atoms with Gasteiger partial charge in [0.05, 0.1) is 17.8 Å². The first kappa shape index (κ1) is 19.5. The number of rotatable bonds is 6. The maximum Gasteiger partial charge on any atom is 0.251 e. The van der Waals surface area contributed by atoms with E-state index < -0.39 is 27.9 Å². The molecule has 2 amide bonds. The quantitative estimate of drug-likeness (QED) is 0.724. The van der Waals surface area contributed by atoms with Crippen molar-refractivity contribution in [3.8, 4) is 6.07 Å². The number of nitrogens with zero attached hydrogens (tertiary/aromatic N) is 2. The lowest BCUT2D eigenvalue weighted by atomic mass is 10.0. The van der Waals surface area contributed by atoms with Crippen LogP contribution in [-0.2, 0) is 14.8 Å². The molecule has 1 aromatic carbocycles. The first-order valence-electron chi connectivity index (χ1n) is 7.92. The Labute approximate surface area is 151 Å². The lowest BCUT2D eigenvalue weighted by Gasteiger charge is -2.21. The Morgan fingerprint density at radius 2 is 1.96 bits per heavy atom. The zero-order valence-corrected chi connectivity index (χ0v) is 15.5. The van der Waals surface area contributed by atoms with Crippen molar-refractivity contribution in [1.29, 1.82) is 5.26 Å². The number of carbonyl (C=O) groups is 2. The van der Waals surface area contributed by atoms with Gasteiger partial charge in [-0.3, -0.25) is 9.59 Å². The first-order valence-corrected chi connectivity index (χ1v) is 9.77. The number of nitrogens with one attached hydrogen (secondary N) is 2. The summed E-state index contributed by atoms with van der Waals surface area (Å²) in [6.07, 6.45) is 2.52. The van der Waals surface area contributed by atoms with Crippen LogP contribution in [0.4, 0.5) is 0 Å². The number of hydrogen-bond acceptors (Lipinski definition) is 5. The molecule has 8 nitrogen and oxygen atoms in total. The molecule has 0 fully saturated rings. The van der Waals surface area contributed by atoms with Crippen LogP contribution in [0.5, 0.6) is 0 Å². The van der Waals surface area contributed by atoms with Gasteiger partial charge in [0.15, 0.2) is 0 Å². The minimum absolute atomic E-state index is 0.136. The molecular weight excluding hydrogens is 356 g/mol. The number of hydrogen-bond donors (Lipinski definition) is 2. The van der Waals surface area contributed by atoms with Gasteiger partial charge in [-0.15, -0.1) is 0 Å². The molecule has 26 heavy (non-hydrogen) atoms. The molecule has 0 aliphatic heterocycles. The van der Waals surface area contributed by atoms with Gasteiger partial charge in [-0.25, -0.2) is 12.4 Å². The second kappa shape index (κ2) is 7.58. The van der Waals surface area contributed by atoms with Crippen molar-refractivity contribution in [3.63, 3.8) is 0 Å². The standard InChI is InChI=1S/C17H20N4O4S/c1-11(2)15(17(23)19-8-7-18)20-16(22)13-4-5-14-12(10-13)6-9-21(14)26(3,24)25/h4-6,9-11,15H,8H2,1-3H3,(H,19,23)(H,20,22). The van der Waals surface area contributed by atoms with Gasteiger partial charge in [-0.1, -0.05) is 13.8 Å². The lowest BCUT2D eigenvalue weighted by molar-refractivity contribution is -0.123. The molecule has 0 aliphatic carbocycles. The molecule has 1 unspecified atom stereocenters. The van der Waals surface area contributed by atoms with Gasteiger partial charge < -0.3 is 10.6 Å². The minimum atomic E-state index is -3.43. The lowest BCUT2D eigenvalue weighted by Crippen LogP contribution is -2.49. The SMILES string of the molecule is CC(C)C(NC(=O)c1ccc2c(ccn2S(C)(=O)=O)c1)C(=O)NCC#N. The van der Waals surface area contributed by atoms with E-state index in [9.17, 15) is 18.0 Å². The van der Waals surface area contributed by atoms with Crippen LogP contribution in [0.25, 0.3) is 10.9 Å². The van der Waals surface area contributed by atoms with Gasteiger partial charge in [-0.2, -0.15) is 5.26 Å². The van der Waals surface area contributed by atoms with Crippen LogP contribution in [-0.4, -0.2) is 43.0 Å². The van der Waals surface area contributed by atoms with Gasteiger partial charge in [0.2, 0.25) is 15.9 Å². The van der Waals surface area contributed by atoms with E-state index in [-0.39, 0.29) is 12.5 Å². The van der Waals surface area contributed by atoms with Crippen molar-refractivity contribution in [2.24, 2.45) is 5.92 Å². The summed E-state index contributed by atoms with van der Waals surface area (Å²) in [6.45, 7) is 3.43. The van der Waals surface area contributed by atoms with Crippen LogP contribution < -0.4 is 10.6 Å². The molecule has 0 aliphatic rings. The summed E-state index contributed by atoms with van der Waals surface area (Å²) in [5, 5.41) is 14.2. The van der Waals surface area contributed by atoms with Gasteiger partial charge in [0.25, 0.3) is 5.91 Å². The van der Waals surface area contributed by atoms with E-state index in [0.717, 1.165) is 10.2 Å². The molecule has 2 N–H and O–H groups in total. The molecule has 1 aromatic heterocycles. The molecule has 2 aromatic rings. The Morgan fingerprint density at radius 1 is 1.27 bits per heavy atom. The summed E-state index contributed by atoms with van der Waals surface area (Å²) >= 11 is 0. The molecule has 0 bridgehead atoms. The van der Waals surface area contributed by atoms with Crippen LogP contribution in [0.1, 0.15) is 24.2 Å². The normalized spacial score (nSPS) is 12.6. The molecular formula is C17H20N4O4S. The number of nitriles is 1. The van der Waals surface area contributed by atoms with Crippen molar-refractivity contribution < 1.29 is 18.0 Å². The Bertz CT molecular complexity index is 986. The fourth-order valence-corrected chi connectivity index (χ4v) is 3.35. The van der Waals surface area contributed by atoms with Crippen LogP contribution in [0, 0.1) is 17.2 Å². The van der Waals surface area contributed by atoms with Crippen molar-refractivity contribution in [2.45, 2.75) is 19.9 Å². The topological polar surface area (TPSA) is 121 Å². The number of benzene rings is 1. The molecule has 0 saturated carbocycles. The second-order valence-corrected chi connectivity index (χ2v) is 8.08. The fraction of sp³-hybridized carbons (Fsp3) is 0.353. The van der Waals surface area contributed by atoms with Gasteiger partial charge >= 0.3 is 0 Å². The molecule has 0 saturated heterocycles. The van der Waals surface area contributed by atoms with E-state index in [4.69, 9.17) is 5.26 Å². The van der Waals surface area contributed by atoms with Crippen LogP contribution in [0.15, 0.2) is 30.5 Å². The van der Waals surface area contributed by atoms with Crippen molar-refractivity contribution in [1.82, 2.24) is 14.6 Å². The van der Waals surface area contributed by atoms with E-state index in [1.54, 1.807) is 32.0 Å². The highest BCUT2D eigenvalue weighted by atomic mass is 32.2. The van der Waals surface area contributed by atoms with Crippen molar-refractivity contribution >= 4 is 32.7 Å². The summed E-state index contributed by atoms with van der Waals surface area (Å²) in [5.74, 6) is -1.06. The van der Waals surface area contributed by atoms with E-state index in [0.29, 0.717) is 16.5 Å². The van der Waals surface area contributed by atoms with Crippen molar-refractivity contribution in [2.75, 3.05) is 12.8 Å². The molecule has 1 atom stereocenters. The first-order chi connectivity index (χ1) is 12.1. The van der Waals surface area contributed by atoms with Gasteiger partial charge in [-0.05, 0) is 30.2 Å². The average Bonchev–Trinajstić information content (AvgIpc) is 3.00. The Kier molecular flexibility index (Phi) is 5.67. The number of amides is 2. The largest absolute Gasteiger partial charge is 0.341 e. The van der Waals surface area contributed by atoms with E-state index in [1.807, 2.05) is 6.07 Å². The van der Waals surface area contributed by atoms with E-state index >= 15 is 0 Å². The molecule has 2 rings (SSSR count). The average molecular weight is 376 g/mol. The minimum Gasteiger partial charge on any atom is -0.341 e. The molecule has 138 valence electrons. The monoisotopic (exact) mass is 376 g/mol. The third-order valence-electron chi connectivity index (χ3n) is 3.85. The second-order valence-electron chi connectivity index (χ2n) is 6.22. The Balaban J connectivity index is 2.26. The maximum absolute atomic E-state index is 12.5. The summed E-state index contributed by atoms with van der Waals surface area (Å²) in [4.78, 5) is 24.6. The smallest absolute Gasteiger partial charge is 0.251 e. The van der Waals surface area contributed by atoms with Crippen LogP contribution in [0.2, 0.25) is 0 Å².